The van der Waals surface area contributed by atoms with Crippen molar-refractivity contribution in [2.45, 2.75) is 39.5 Å². The Bertz CT molecular complexity index is 299. The average molecular weight is 235 g/mol. The van der Waals surface area contributed by atoms with Gasteiger partial charge < -0.3 is 10.1 Å². The molecule has 1 N–H and O–H groups in total. The molecular weight excluding hydrogens is 210 g/mol. The van der Waals surface area contributed by atoms with E-state index in [-0.39, 0.29) is 0 Å². The molecule has 0 aromatic heterocycles. The number of hydrogen-bond donors (Lipinski definition) is 1. The van der Waals surface area contributed by atoms with Crippen molar-refractivity contribution in [2.24, 2.45) is 0 Å². The van der Waals surface area contributed by atoms with E-state index in [2.05, 4.69) is 31.3 Å². The lowest BCUT2D eigenvalue weighted by molar-refractivity contribution is 0.308. The molecule has 0 saturated carbocycles. The summed E-state index contributed by atoms with van der Waals surface area (Å²) in [7, 11) is 0. The molecule has 0 spiro atoms. The van der Waals surface area contributed by atoms with Crippen molar-refractivity contribution in [1.29, 1.82) is 0 Å². The molecular formula is C15H25NO. The van der Waals surface area contributed by atoms with E-state index in [0.29, 0.717) is 0 Å². The van der Waals surface area contributed by atoms with Gasteiger partial charge in [0.05, 0.1) is 6.61 Å². The van der Waals surface area contributed by atoms with Crippen molar-refractivity contribution in [3.05, 3.63) is 29.8 Å². The fourth-order valence-electron chi connectivity index (χ4n) is 1.72. The van der Waals surface area contributed by atoms with E-state index in [1.165, 1.54) is 24.8 Å². The van der Waals surface area contributed by atoms with E-state index in [1.54, 1.807) is 0 Å². The highest BCUT2D eigenvalue weighted by molar-refractivity contribution is 5.27. The number of rotatable bonds is 9. The molecule has 1 rings (SSSR count). The van der Waals surface area contributed by atoms with Crippen LogP contribution in [0.25, 0.3) is 0 Å². The van der Waals surface area contributed by atoms with Crippen LogP contribution in [0, 0.1) is 6.92 Å². The van der Waals surface area contributed by atoms with Crippen molar-refractivity contribution in [3.63, 3.8) is 0 Å². The minimum atomic E-state index is 0.796. The Kier molecular flexibility index (Phi) is 7.48. The van der Waals surface area contributed by atoms with Crippen molar-refractivity contribution < 1.29 is 4.74 Å². The third kappa shape index (κ3) is 7.01. The van der Waals surface area contributed by atoms with Gasteiger partial charge in [-0.2, -0.15) is 0 Å². The molecule has 0 radical (unpaired) electrons. The van der Waals surface area contributed by atoms with E-state index < -0.39 is 0 Å². The molecule has 17 heavy (non-hydrogen) atoms. The van der Waals surface area contributed by atoms with E-state index in [1.807, 2.05) is 12.1 Å². The van der Waals surface area contributed by atoms with Gasteiger partial charge in [0.15, 0.2) is 0 Å². The summed E-state index contributed by atoms with van der Waals surface area (Å²) < 4.78 is 5.67. The number of unbranched alkanes of at least 4 members (excludes halogenated alkanes) is 2. The van der Waals surface area contributed by atoms with Gasteiger partial charge in [0.2, 0.25) is 0 Å². The van der Waals surface area contributed by atoms with Gasteiger partial charge in [-0.3, -0.25) is 0 Å². The summed E-state index contributed by atoms with van der Waals surface area (Å²) in [6.07, 6.45) is 4.97. The number of hydrogen-bond acceptors (Lipinski definition) is 2. The van der Waals surface area contributed by atoms with Crippen LogP contribution in [0.15, 0.2) is 24.3 Å². The molecule has 96 valence electrons. The molecule has 0 fully saturated rings. The van der Waals surface area contributed by atoms with Gasteiger partial charge in [0.25, 0.3) is 0 Å². The van der Waals surface area contributed by atoms with Gasteiger partial charge in [0.1, 0.15) is 5.75 Å². The second-order valence-electron chi connectivity index (χ2n) is 4.48. The lowest BCUT2D eigenvalue weighted by atomic mass is 10.2. The first kappa shape index (κ1) is 14.0. The SMILES string of the molecule is CCCCCNCCCOc1cccc(C)c1. The largest absolute Gasteiger partial charge is 0.494 e. The highest BCUT2D eigenvalue weighted by Gasteiger charge is 1.94. The summed E-state index contributed by atoms with van der Waals surface area (Å²) in [5.41, 5.74) is 1.25. The highest BCUT2D eigenvalue weighted by atomic mass is 16.5. The second-order valence-corrected chi connectivity index (χ2v) is 4.48. The van der Waals surface area contributed by atoms with Crippen molar-refractivity contribution in [1.82, 2.24) is 5.32 Å². The highest BCUT2D eigenvalue weighted by Crippen LogP contribution is 2.12. The van der Waals surface area contributed by atoms with Crippen LogP contribution in [-0.4, -0.2) is 19.7 Å². The molecule has 0 bridgehead atoms. The lowest BCUT2D eigenvalue weighted by Crippen LogP contribution is -2.18. The molecule has 0 heterocycles. The molecule has 0 aliphatic rings. The Morgan fingerprint density at radius 2 is 1.94 bits per heavy atom. The monoisotopic (exact) mass is 235 g/mol. The Morgan fingerprint density at radius 1 is 1.12 bits per heavy atom. The molecule has 0 aliphatic heterocycles. The standard InChI is InChI=1S/C15H25NO/c1-3-4-5-10-16-11-7-12-17-15-9-6-8-14(2)13-15/h6,8-9,13,16H,3-5,7,10-12H2,1-2H3. The summed E-state index contributed by atoms with van der Waals surface area (Å²) in [6, 6.07) is 8.21. The predicted molar refractivity (Wildman–Crippen MR) is 73.7 cm³/mol. The van der Waals surface area contributed by atoms with Crippen LogP contribution in [0.5, 0.6) is 5.75 Å². The van der Waals surface area contributed by atoms with Crippen LogP contribution in [0.2, 0.25) is 0 Å². The molecule has 2 heteroatoms. The van der Waals surface area contributed by atoms with Crippen LogP contribution in [-0.2, 0) is 0 Å². The Labute approximate surface area is 105 Å². The zero-order valence-corrected chi connectivity index (χ0v) is 11.2. The number of aryl methyl sites for hydroxylation is 1. The van der Waals surface area contributed by atoms with E-state index in [9.17, 15) is 0 Å². The molecule has 0 amide bonds. The summed E-state index contributed by atoms with van der Waals surface area (Å²) >= 11 is 0. The summed E-state index contributed by atoms with van der Waals surface area (Å²) in [5.74, 6) is 0.982. The first-order valence-electron chi connectivity index (χ1n) is 6.73. The maximum atomic E-state index is 5.67. The molecule has 2 nitrogen and oxygen atoms in total. The minimum absolute atomic E-state index is 0.796. The second kappa shape index (κ2) is 9.06. The Hall–Kier alpha value is -1.02. The van der Waals surface area contributed by atoms with E-state index in [0.717, 1.165) is 31.9 Å². The van der Waals surface area contributed by atoms with Gasteiger partial charge in [-0.15, -0.1) is 0 Å². The van der Waals surface area contributed by atoms with Crippen LogP contribution in [0.1, 0.15) is 38.2 Å². The quantitative estimate of drug-likeness (QED) is 0.661. The van der Waals surface area contributed by atoms with Gasteiger partial charge >= 0.3 is 0 Å². The Morgan fingerprint density at radius 3 is 2.71 bits per heavy atom. The van der Waals surface area contributed by atoms with E-state index in [4.69, 9.17) is 4.74 Å². The molecule has 0 aliphatic carbocycles. The molecule has 1 aromatic rings. The average Bonchev–Trinajstić information content (AvgIpc) is 2.33. The number of ether oxygens (including phenoxy) is 1. The van der Waals surface area contributed by atoms with Crippen LogP contribution in [0.4, 0.5) is 0 Å². The topological polar surface area (TPSA) is 21.3 Å². The maximum absolute atomic E-state index is 5.67. The third-order valence-corrected chi connectivity index (χ3v) is 2.71. The van der Waals surface area contributed by atoms with Crippen molar-refractivity contribution in [2.75, 3.05) is 19.7 Å². The lowest BCUT2D eigenvalue weighted by Gasteiger charge is -2.07. The first-order valence-corrected chi connectivity index (χ1v) is 6.73. The van der Waals surface area contributed by atoms with E-state index >= 15 is 0 Å². The first-order chi connectivity index (χ1) is 8.33. The third-order valence-electron chi connectivity index (χ3n) is 2.71. The van der Waals surface area contributed by atoms with Crippen molar-refractivity contribution in [3.8, 4) is 5.75 Å². The predicted octanol–water partition coefficient (Wildman–Crippen LogP) is 3.54. The van der Waals surface area contributed by atoms with Gasteiger partial charge in [-0.25, -0.2) is 0 Å². The van der Waals surface area contributed by atoms with Crippen LogP contribution < -0.4 is 10.1 Å². The summed E-state index contributed by atoms with van der Waals surface area (Å²) in [6.45, 7) is 7.30. The van der Waals surface area contributed by atoms with Gasteiger partial charge in [-0.1, -0.05) is 31.9 Å². The van der Waals surface area contributed by atoms with Gasteiger partial charge in [-0.05, 0) is 50.6 Å². The zero-order valence-electron chi connectivity index (χ0n) is 11.2. The Balaban J connectivity index is 1.97. The fourth-order valence-corrected chi connectivity index (χ4v) is 1.72. The molecule has 0 saturated heterocycles. The molecule has 0 atom stereocenters. The smallest absolute Gasteiger partial charge is 0.119 e. The fraction of sp³-hybridized carbons (Fsp3) is 0.600. The normalized spacial score (nSPS) is 10.5. The minimum Gasteiger partial charge on any atom is -0.494 e. The molecule has 0 unspecified atom stereocenters. The summed E-state index contributed by atoms with van der Waals surface area (Å²) in [5, 5.41) is 3.44. The van der Waals surface area contributed by atoms with Gasteiger partial charge in [0, 0.05) is 0 Å². The number of nitrogens with one attached hydrogen (secondary N) is 1. The zero-order chi connectivity index (χ0) is 12.3. The van der Waals surface area contributed by atoms with Crippen LogP contribution in [0.3, 0.4) is 0 Å². The van der Waals surface area contributed by atoms with Crippen LogP contribution >= 0.6 is 0 Å². The maximum Gasteiger partial charge on any atom is 0.119 e. The van der Waals surface area contributed by atoms with Crippen molar-refractivity contribution >= 4 is 0 Å². The number of benzene rings is 1. The molecule has 1 aromatic carbocycles. The summed E-state index contributed by atoms with van der Waals surface area (Å²) in [4.78, 5) is 0.